The molecule has 124 valence electrons. The van der Waals surface area contributed by atoms with Crippen molar-refractivity contribution in [1.82, 2.24) is 14.9 Å². The first-order chi connectivity index (χ1) is 11.6. The van der Waals surface area contributed by atoms with Gasteiger partial charge in [-0.2, -0.15) is 0 Å². The van der Waals surface area contributed by atoms with Crippen LogP contribution < -0.4 is 11.0 Å². The molecule has 0 spiro atoms. The van der Waals surface area contributed by atoms with Crippen molar-refractivity contribution in [1.29, 1.82) is 0 Å². The molecule has 5 nitrogen and oxygen atoms in total. The number of hydrogen-bond acceptors (Lipinski definition) is 2. The summed E-state index contributed by atoms with van der Waals surface area (Å²) in [6.45, 7) is 4.08. The van der Waals surface area contributed by atoms with E-state index in [1.165, 1.54) is 6.92 Å². The highest BCUT2D eigenvalue weighted by molar-refractivity contribution is 5.75. The van der Waals surface area contributed by atoms with Crippen LogP contribution >= 0.6 is 0 Å². The smallest absolute Gasteiger partial charge is 0.326 e. The number of nitrogens with one attached hydrogen (secondary N) is 2. The molecule has 0 bridgehead atoms. The Morgan fingerprint density at radius 1 is 1.17 bits per heavy atom. The fourth-order valence-corrected chi connectivity index (χ4v) is 2.97. The lowest BCUT2D eigenvalue weighted by Gasteiger charge is -2.16. The van der Waals surface area contributed by atoms with Crippen LogP contribution in [0.15, 0.2) is 53.3 Å². The van der Waals surface area contributed by atoms with Gasteiger partial charge in [0.15, 0.2) is 0 Å². The average Bonchev–Trinajstić information content (AvgIpc) is 2.89. The van der Waals surface area contributed by atoms with Gasteiger partial charge in [-0.3, -0.25) is 9.36 Å². The highest BCUT2D eigenvalue weighted by Crippen LogP contribution is 2.18. The molecule has 0 saturated heterocycles. The zero-order chi connectivity index (χ0) is 17.1. The van der Waals surface area contributed by atoms with Crippen molar-refractivity contribution in [2.45, 2.75) is 32.9 Å². The van der Waals surface area contributed by atoms with Gasteiger partial charge in [-0.1, -0.05) is 43.3 Å². The van der Waals surface area contributed by atoms with Crippen molar-refractivity contribution in [3.05, 3.63) is 70.1 Å². The predicted octanol–water partition coefficient (Wildman–Crippen LogP) is 2.97. The van der Waals surface area contributed by atoms with Gasteiger partial charge in [-0.15, -0.1) is 0 Å². The lowest BCUT2D eigenvalue weighted by molar-refractivity contribution is -0.119. The molecule has 1 aromatic heterocycles. The fraction of sp³-hybridized carbons (Fsp3) is 0.263. The van der Waals surface area contributed by atoms with Crippen LogP contribution in [0, 0.1) is 0 Å². The van der Waals surface area contributed by atoms with Gasteiger partial charge in [0.1, 0.15) is 0 Å². The third-order valence-electron chi connectivity index (χ3n) is 4.19. The number of carbonyl (C=O) groups excluding carboxylic acids is 1. The third kappa shape index (κ3) is 3.25. The summed E-state index contributed by atoms with van der Waals surface area (Å²) in [4.78, 5) is 26.3. The maximum absolute atomic E-state index is 12.1. The summed E-state index contributed by atoms with van der Waals surface area (Å²) in [7, 11) is 0. The minimum atomic E-state index is -0.107. The SMILES string of the molecule is CC[C@@H](NC(C)=O)c1ccc(Cn2c(=O)[nH]c3ccccc32)cc1. The number of para-hydroxylation sites is 2. The van der Waals surface area contributed by atoms with Crippen LogP contribution in [0.25, 0.3) is 11.0 Å². The normalized spacial score (nSPS) is 12.2. The monoisotopic (exact) mass is 323 g/mol. The molecule has 3 rings (SSSR count). The van der Waals surface area contributed by atoms with Crippen molar-refractivity contribution in [2.75, 3.05) is 0 Å². The van der Waals surface area contributed by atoms with Gasteiger partial charge in [0.25, 0.3) is 0 Å². The summed E-state index contributed by atoms with van der Waals surface area (Å²) < 4.78 is 1.73. The predicted molar refractivity (Wildman–Crippen MR) is 95.0 cm³/mol. The maximum Gasteiger partial charge on any atom is 0.326 e. The largest absolute Gasteiger partial charge is 0.350 e. The molecular formula is C19H21N3O2. The summed E-state index contributed by atoms with van der Waals surface area (Å²) >= 11 is 0. The van der Waals surface area contributed by atoms with Crippen LogP contribution in [-0.2, 0) is 11.3 Å². The molecular weight excluding hydrogens is 302 g/mol. The first-order valence-corrected chi connectivity index (χ1v) is 8.12. The second-order valence-electron chi connectivity index (χ2n) is 5.94. The summed E-state index contributed by atoms with van der Waals surface area (Å²) in [5, 5.41) is 2.95. The Morgan fingerprint density at radius 3 is 2.54 bits per heavy atom. The summed E-state index contributed by atoms with van der Waals surface area (Å²) in [5.41, 5.74) is 3.75. The second-order valence-corrected chi connectivity index (χ2v) is 5.94. The molecule has 1 heterocycles. The highest BCUT2D eigenvalue weighted by atomic mass is 16.1. The number of hydrogen-bond donors (Lipinski definition) is 2. The Bertz CT molecular complexity index is 906. The molecule has 2 N–H and O–H groups in total. The third-order valence-corrected chi connectivity index (χ3v) is 4.19. The first kappa shape index (κ1) is 16.1. The topological polar surface area (TPSA) is 66.9 Å². The minimum Gasteiger partial charge on any atom is -0.350 e. The number of benzene rings is 2. The number of carbonyl (C=O) groups is 1. The van der Waals surface area contributed by atoms with Gasteiger partial charge in [-0.25, -0.2) is 4.79 Å². The van der Waals surface area contributed by atoms with Crippen LogP contribution in [0.2, 0.25) is 0 Å². The second kappa shape index (κ2) is 6.74. The van der Waals surface area contributed by atoms with E-state index in [1.807, 2.05) is 55.5 Å². The molecule has 0 fully saturated rings. The number of fused-ring (bicyclic) bond motifs is 1. The van der Waals surface area contributed by atoms with Crippen LogP contribution in [-0.4, -0.2) is 15.5 Å². The van der Waals surface area contributed by atoms with Gasteiger partial charge < -0.3 is 10.3 Å². The van der Waals surface area contributed by atoms with Crippen LogP contribution in [0.3, 0.4) is 0 Å². The Hall–Kier alpha value is -2.82. The van der Waals surface area contributed by atoms with Gasteiger partial charge in [0.2, 0.25) is 5.91 Å². The van der Waals surface area contributed by atoms with E-state index in [1.54, 1.807) is 4.57 Å². The molecule has 3 aromatic rings. The lowest BCUT2D eigenvalue weighted by Crippen LogP contribution is -2.25. The minimum absolute atomic E-state index is 0.0207. The number of amides is 1. The van der Waals surface area contributed by atoms with E-state index in [-0.39, 0.29) is 17.6 Å². The maximum atomic E-state index is 12.1. The molecule has 5 heteroatoms. The Balaban J connectivity index is 1.84. The molecule has 2 aromatic carbocycles. The lowest BCUT2D eigenvalue weighted by atomic mass is 10.0. The Kier molecular flexibility index (Phi) is 4.51. The molecule has 1 amide bonds. The zero-order valence-electron chi connectivity index (χ0n) is 13.9. The quantitative estimate of drug-likeness (QED) is 0.758. The number of nitrogens with zero attached hydrogens (tertiary/aromatic N) is 1. The zero-order valence-corrected chi connectivity index (χ0v) is 13.9. The summed E-state index contributed by atoms with van der Waals surface area (Å²) in [5.74, 6) is -0.0312. The number of H-pyrrole nitrogens is 1. The number of imidazole rings is 1. The molecule has 0 aliphatic carbocycles. The molecule has 0 aliphatic heterocycles. The van der Waals surface area contributed by atoms with E-state index in [0.717, 1.165) is 28.6 Å². The van der Waals surface area contributed by atoms with E-state index in [9.17, 15) is 9.59 Å². The van der Waals surface area contributed by atoms with E-state index >= 15 is 0 Å². The van der Waals surface area contributed by atoms with Crippen LogP contribution in [0.4, 0.5) is 0 Å². The Labute approximate surface area is 140 Å². The Morgan fingerprint density at radius 2 is 1.88 bits per heavy atom. The van der Waals surface area contributed by atoms with E-state index in [4.69, 9.17) is 0 Å². The number of rotatable bonds is 5. The van der Waals surface area contributed by atoms with Crippen molar-refractivity contribution < 1.29 is 4.79 Å². The van der Waals surface area contributed by atoms with Gasteiger partial charge in [0, 0.05) is 6.92 Å². The highest BCUT2D eigenvalue weighted by Gasteiger charge is 2.11. The fourth-order valence-electron chi connectivity index (χ4n) is 2.97. The molecule has 24 heavy (non-hydrogen) atoms. The van der Waals surface area contributed by atoms with Gasteiger partial charge in [-0.05, 0) is 29.7 Å². The molecule has 0 saturated carbocycles. The van der Waals surface area contributed by atoms with Gasteiger partial charge in [0.05, 0.1) is 23.6 Å². The first-order valence-electron chi connectivity index (χ1n) is 8.12. The summed E-state index contributed by atoms with van der Waals surface area (Å²) in [6.07, 6.45) is 0.834. The van der Waals surface area contributed by atoms with Crippen LogP contribution in [0.5, 0.6) is 0 Å². The molecule has 0 radical (unpaired) electrons. The molecule has 0 aliphatic rings. The van der Waals surface area contributed by atoms with Gasteiger partial charge >= 0.3 is 5.69 Å². The molecule has 1 atom stereocenters. The van der Waals surface area contributed by atoms with Crippen molar-refractivity contribution in [3.63, 3.8) is 0 Å². The van der Waals surface area contributed by atoms with Crippen molar-refractivity contribution >= 4 is 16.9 Å². The van der Waals surface area contributed by atoms with Crippen LogP contribution in [0.1, 0.15) is 37.4 Å². The molecule has 0 unspecified atom stereocenters. The van der Waals surface area contributed by atoms with Crippen molar-refractivity contribution in [3.8, 4) is 0 Å². The number of aromatic nitrogens is 2. The van der Waals surface area contributed by atoms with Crippen molar-refractivity contribution in [2.24, 2.45) is 0 Å². The van der Waals surface area contributed by atoms with E-state index < -0.39 is 0 Å². The van der Waals surface area contributed by atoms with E-state index in [0.29, 0.717) is 6.54 Å². The summed E-state index contributed by atoms with van der Waals surface area (Å²) in [6, 6.07) is 15.7. The standard InChI is InChI=1S/C19H21N3O2/c1-3-16(20-13(2)23)15-10-8-14(9-11-15)12-22-18-7-5-4-6-17(18)21-19(22)24/h4-11,16H,3,12H2,1-2H3,(H,20,23)(H,21,24)/t16-/m1/s1. The van der Waals surface area contributed by atoms with E-state index in [2.05, 4.69) is 10.3 Å². The average molecular weight is 323 g/mol. The number of aromatic amines is 1.